The molecule has 0 atom stereocenters. The molecule has 1 fully saturated rings. The third-order valence-electron chi connectivity index (χ3n) is 3.60. The molecule has 0 spiro atoms. The molecule has 20 heavy (non-hydrogen) atoms. The maximum absolute atomic E-state index is 12.4. The van der Waals surface area contributed by atoms with Crippen molar-refractivity contribution < 1.29 is 4.79 Å². The van der Waals surface area contributed by atoms with E-state index in [-0.39, 0.29) is 5.91 Å². The minimum atomic E-state index is 0.0331. The van der Waals surface area contributed by atoms with Gasteiger partial charge in [-0.15, -0.1) is 0 Å². The molecule has 1 aliphatic rings. The molecule has 4 nitrogen and oxygen atoms in total. The van der Waals surface area contributed by atoms with Crippen molar-refractivity contribution in [2.24, 2.45) is 0 Å². The Bertz CT molecular complexity index is 452. The first-order valence-corrected chi connectivity index (χ1v) is 7.40. The molecule has 1 heterocycles. The van der Waals surface area contributed by atoms with Gasteiger partial charge in [0.25, 0.3) is 5.91 Å². The van der Waals surface area contributed by atoms with Gasteiger partial charge in [-0.3, -0.25) is 9.69 Å². The number of nitrogens with zero attached hydrogens (tertiary/aromatic N) is 2. The van der Waals surface area contributed by atoms with E-state index in [0.29, 0.717) is 10.6 Å². The van der Waals surface area contributed by atoms with Crippen LogP contribution >= 0.6 is 11.6 Å². The van der Waals surface area contributed by atoms with E-state index in [9.17, 15) is 4.79 Å². The molecular weight excluding hydrogens is 274 g/mol. The molecule has 1 aromatic carbocycles. The molecule has 0 aromatic heterocycles. The monoisotopic (exact) mass is 295 g/mol. The van der Waals surface area contributed by atoms with E-state index < -0.39 is 0 Å². The van der Waals surface area contributed by atoms with Gasteiger partial charge in [-0.1, -0.05) is 11.6 Å². The van der Waals surface area contributed by atoms with Crippen LogP contribution in [0.1, 0.15) is 15.9 Å². The van der Waals surface area contributed by atoms with Gasteiger partial charge in [-0.25, -0.2) is 0 Å². The SMILES string of the molecule is Cc1cc(Cl)cc(C(=O)N(C)CCN2CCNCC2)c1. The second-order valence-corrected chi connectivity index (χ2v) is 5.77. The first-order valence-electron chi connectivity index (χ1n) is 7.02. The average Bonchev–Trinajstić information content (AvgIpc) is 2.44. The number of likely N-dealkylation sites (N-methyl/N-ethyl adjacent to an activating group) is 1. The first kappa shape index (κ1) is 15.3. The van der Waals surface area contributed by atoms with E-state index >= 15 is 0 Å². The van der Waals surface area contributed by atoms with Crippen LogP contribution in [0.15, 0.2) is 18.2 Å². The highest BCUT2D eigenvalue weighted by Crippen LogP contribution is 2.15. The van der Waals surface area contributed by atoms with Crippen LogP contribution < -0.4 is 5.32 Å². The van der Waals surface area contributed by atoms with E-state index in [4.69, 9.17) is 11.6 Å². The maximum Gasteiger partial charge on any atom is 0.253 e. The van der Waals surface area contributed by atoms with E-state index in [0.717, 1.165) is 44.8 Å². The smallest absolute Gasteiger partial charge is 0.253 e. The summed E-state index contributed by atoms with van der Waals surface area (Å²) in [5, 5.41) is 3.94. The number of benzene rings is 1. The van der Waals surface area contributed by atoms with E-state index in [2.05, 4.69) is 10.2 Å². The van der Waals surface area contributed by atoms with Gasteiger partial charge < -0.3 is 10.2 Å². The second-order valence-electron chi connectivity index (χ2n) is 5.34. The quantitative estimate of drug-likeness (QED) is 0.917. The lowest BCUT2D eigenvalue weighted by atomic mass is 10.1. The summed E-state index contributed by atoms with van der Waals surface area (Å²) in [4.78, 5) is 16.5. The summed E-state index contributed by atoms with van der Waals surface area (Å²) in [5.41, 5.74) is 1.68. The summed E-state index contributed by atoms with van der Waals surface area (Å²) in [6.07, 6.45) is 0. The Morgan fingerprint density at radius 1 is 1.35 bits per heavy atom. The molecule has 1 amide bonds. The molecule has 0 unspecified atom stereocenters. The van der Waals surface area contributed by atoms with Crippen molar-refractivity contribution in [2.75, 3.05) is 46.3 Å². The summed E-state index contributed by atoms with van der Waals surface area (Å²) in [6, 6.07) is 5.48. The zero-order valence-corrected chi connectivity index (χ0v) is 12.9. The summed E-state index contributed by atoms with van der Waals surface area (Å²) in [7, 11) is 1.85. The largest absolute Gasteiger partial charge is 0.340 e. The van der Waals surface area contributed by atoms with Crippen LogP contribution in [0.2, 0.25) is 5.02 Å². The van der Waals surface area contributed by atoms with Gasteiger partial charge in [-0.05, 0) is 30.7 Å². The molecule has 0 bridgehead atoms. The van der Waals surface area contributed by atoms with Crippen LogP contribution in [-0.2, 0) is 0 Å². The number of amides is 1. The minimum Gasteiger partial charge on any atom is -0.340 e. The fourth-order valence-corrected chi connectivity index (χ4v) is 2.70. The van der Waals surface area contributed by atoms with Gasteiger partial charge >= 0.3 is 0 Å². The van der Waals surface area contributed by atoms with Crippen LogP contribution in [0.25, 0.3) is 0 Å². The van der Waals surface area contributed by atoms with Crippen molar-refractivity contribution in [3.8, 4) is 0 Å². The fourth-order valence-electron chi connectivity index (χ4n) is 2.41. The Hall–Kier alpha value is -1.10. The molecule has 0 radical (unpaired) electrons. The van der Waals surface area contributed by atoms with Gasteiger partial charge in [0.15, 0.2) is 0 Å². The number of carbonyl (C=O) groups is 1. The van der Waals surface area contributed by atoms with E-state index in [1.807, 2.05) is 26.1 Å². The Balaban J connectivity index is 1.90. The lowest BCUT2D eigenvalue weighted by Crippen LogP contribution is -2.46. The van der Waals surface area contributed by atoms with Gasteiger partial charge in [0.05, 0.1) is 0 Å². The Morgan fingerprint density at radius 2 is 2.05 bits per heavy atom. The number of carbonyl (C=O) groups excluding carboxylic acids is 1. The van der Waals surface area contributed by atoms with Crippen LogP contribution in [0.5, 0.6) is 0 Å². The number of rotatable bonds is 4. The normalized spacial score (nSPS) is 16.1. The highest BCUT2D eigenvalue weighted by molar-refractivity contribution is 6.31. The van der Waals surface area contributed by atoms with Crippen LogP contribution in [0.3, 0.4) is 0 Å². The van der Waals surface area contributed by atoms with Crippen molar-refractivity contribution in [1.29, 1.82) is 0 Å². The second kappa shape index (κ2) is 7.07. The van der Waals surface area contributed by atoms with Crippen LogP contribution in [-0.4, -0.2) is 62.0 Å². The number of aryl methyl sites for hydroxylation is 1. The Labute approximate surface area is 125 Å². The van der Waals surface area contributed by atoms with E-state index in [1.165, 1.54) is 0 Å². The van der Waals surface area contributed by atoms with Crippen molar-refractivity contribution in [1.82, 2.24) is 15.1 Å². The van der Waals surface area contributed by atoms with Crippen molar-refractivity contribution in [3.05, 3.63) is 34.3 Å². The lowest BCUT2D eigenvalue weighted by molar-refractivity contribution is 0.0774. The van der Waals surface area contributed by atoms with Crippen molar-refractivity contribution >= 4 is 17.5 Å². The molecule has 5 heteroatoms. The zero-order valence-electron chi connectivity index (χ0n) is 12.2. The third kappa shape index (κ3) is 4.20. The van der Waals surface area contributed by atoms with Gasteiger partial charge in [0, 0.05) is 56.9 Å². The molecule has 110 valence electrons. The predicted molar refractivity (Wildman–Crippen MR) is 82.5 cm³/mol. The highest BCUT2D eigenvalue weighted by atomic mass is 35.5. The number of piperazine rings is 1. The van der Waals surface area contributed by atoms with Crippen molar-refractivity contribution in [3.63, 3.8) is 0 Å². The molecule has 1 aliphatic heterocycles. The third-order valence-corrected chi connectivity index (χ3v) is 3.82. The average molecular weight is 296 g/mol. The summed E-state index contributed by atoms with van der Waals surface area (Å²) >= 11 is 6.01. The molecule has 1 N–H and O–H groups in total. The van der Waals surface area contributed by atoms with Crippen molar-refractivity contribution in [2.45, 2.75) is 6.92 Å². The van der Waals surface area contributed by atoms with Crippen LogP contribution in [0, 0.1) is 6.92 Å². The Kier molecular flexibility index (Phi) is 5.40. The molecule has 0 aliphatic carbocycles. The minimum absolute atomic E-state index is 0.0331. The topological polar surface area (TPSA) is 35.6 Å². The zero-order chi connectivity index (χ0) is 14.5. The predicted octanol–water partition coefficient (Wildman–Crippen LogP) is 1.63. The summed E-state index contributed by atoms with van der Waals surface area (Å²) in [5.74, 6) is 0.0331. The number of hydrogen-bond donors (Lipinski definition) is 1. The lowest BCUT2D eigenvalue weighted by Gasteiger charge is -2.29. The molecule has 1 aromatic rings. The standard InChI is InChI=1S/C15H22ClN3O/c1-12-9-13(11-14(16)10-12)15(20)18(2)7-8-19-5-3-17-4-6-19/h9-11,17H,3-8H2,1-2H3. The molecule has 2 rings (SSSR count). The number of nitrogens with one attached hydrogen (secondary N) is 1. The highest BCUT2D eigenvalue weighted by Gasteiger charge is 2.15. The van der Waals surface area contributed by atoms with Crippen LogP contribution in [0.4, 0.5) is 0 Å². The molecular formula is C15H22ClN3O. The number of halogens is 1. The number of hydrogen-bond acceptors (Lipinski definition) is 3. The first-order chi connectivity index (χ1) is 9.56. The Morgan fingerprint density at radius 3 is 2.70 bits per heavy atom. The summed E-state index contributed by atoms with van der Waals surface area (Å²) in [6.45, 7) is 7.78. The maximum atomic E-state index is 12.4. The van der Waals surface area contributed by atoms with Gasteiger partial charge in [0.1, 0.15) is 0 Å². The van der Waals surface area contributed by atoms with Gasteiger partial charge in [0.2, 0.25) is 0 Å². The molecule has 0 saturated carbocycles. The molecule has 1 saturated heterocycles. The fraction of sp³-hybridized carbons (Fsp3) is 0.533. The van der Waals surface area contributed by atoms with Gasteiger partial charge in [-0.2, -0.15) is 0 Å². The summed E-state index contributed by atoms with van der Waals surface area (Å²) < 4.78 is 0. The van der Waals surface area contributed by atoms with E-state index in [1.54, 1.807) is 11.0 Å².